The van der Waals surface area contributed by atoms with Gasteiger partial charge in [0.15, 0.2) is 6.61 Å². The lowest BCUT2D eigenvalue weighted by atomic mass is 10.2. The highest BCUT2D eigenvalue weighted by molar-refractivity contribution is 8.00. The number of carbonyl (C=O) groups is 1. The van der Waals surface area contributed by atoms with Crippen LogP contribution in [0.3, 0.4) is 0 Å². The van der Waals surface area contributed by atoms with Crippen LogP contribution >= 0.6 is 11.8 Å². The largest absolute Gasteiger partial charge is 0.484 e. The van der Waals surface area contributed by atoms with Crippen molar-refractivity contribution < 1.29 is 9.53 Å². The Morgan fingerprint density at radius 2 is 2.22 bits per heavy atom. The normalized spacial score (nSPS) is 25.5. The molecule has 1 aromatic carbocycles. The van der Waals surface area contributed by atoms with Crippen LogP contribution in [-0.2, 0) is 4.79 Å². The molecule has 0 saturated carbocycles. The Bertz CT molecular complexity index is 446. The fraction of sp³-hybridized carbons (Fsp3) is 0.500. The molecule has 1 aromatic rings. The van der Waals surface area contributed by atoms with Gasteiger partial charge < -0.3 is 9.64 Å². The van der Waals surface area contributed by atoms with Gasteiger partial charge in [0.05, 0.1) is 0 Å². The second-order valence-corrected chi connectivity index (χ2v) is 6.33. The molecule has 2 unspecified atom stereocenters. The molecule has 2 heterocycles. The summed E-state index contributed by atoms with van der Waals surface area (Å²) >= 11 is 1.99. The highest BCUT2D eigenvalue weighted by atomic mass is 32.2. The molecule has 0 spiro atoms. The molecule has 2 saturated heterocycles. The van der Waals surface area contributed by atoms with Crippen LogP contribution in [0, 0.1) is 6.92 Å². The lowest BCUT2D eigenvalue weighted by Gasteiger charge is -2.26. The number of benzene rings is 1. The Morgan fingerprint density at radius 3 is 2.83 bits per heavy atom. The number of rotatable bonds is 3. The van der Waals surface area contributed by atoms with Gasteiger partial charge in [0, 0.05) is 23.6 Å². The third-order valence-electron chi connectivity index (χ3n) is 3.60. The standard InChI is InChI=1S/C14H17NO2S/c1-10-2-4-12(5-3-10)17-8-14(16)15-7-13-6-11(15)9-18-13/h2-5,11,13H,6-9H2,1H3. The van der Waals surface area contributed by atoms with Crippen molar-refractivity contribution in [2.45, 2.75) is 24.6 Å². The molecule has 0 N–H and O–H groups in total. The molecule has 4 heteroatoms. The Morgan fingerprint density at radius 1 is 1.44 bits per heavy atom. The van der Waals surface area contributed by atoms with E-state index in [-0.39, 0.29) is 12.5 Å². The van der Waals surface area contributed by atoms with Crippen LogP contribution in [0.1, 0.15) is 12.0 Å². The van der Waals surface area contributed by atoms with E-state index >= 15 is 0 Å². The van der Waals surface area contributed by atoms with Gasteiger partial charge in [-0.2, -0.15) is 11.8 Å². The Hall–Kier alpha value is -1.16. The first kappa shape index (κ1) is 11.9. The Labute approximate surface area is 111 Å². The summed E-state index contributed by atoms with van der Waals surface area (Å²) in [6, 6.07) is 8.26. The SMILES string of the molecule is Cc1ccc(OCC(=O)N2CC3CC2CS3)cc1. The molecule has 1 amide bonds. The van der Waals surface area contributed by atoms with Crippen molar-refractivity contribution in [2.24, 2.45) is 0 Å². The van der Waals surface area contributed by atoms with Crippen LogP contribution in [0.15, 0.2) is 24.3 Å². The number of likely N-dealkylation sites (tertiary alicyclic amines) is 1. The zero-order valence-corrected chi connectivity index (χ0v) is 11.3. The van der Waals surface area contributed by atoms with Crippen LogP contribution in [0.5, 0.6) is 5.75 Å². The van der Waals surface area contributed by atoms with Crippen molar-refractivity contribution in [3.05, 3.63) is 29.8 Å². The molecule has 2 bridgehead atoms. The minimum Gasteiger partial charge on any atom is -0.484 e. The maximum atomic E-state index is 12.1. The Balaban J connectivity index is 1.54. The van der Waals surface area contributed by atoms with Gasteiger partial charge in [0.25, 0.3) is 5.91 Å². The predicted octanol–water partition coefficient (Wildman–Crippen LogP) is 2.09. The number of hydrogen-bond donors (Lipinski definition) is 0. The first-order valence-corrected chi connectivity index (χ1v) is 7.38. The van der Waals surface area contributed by atoms with Crippen LogP contribution in [0.25, 0.3) is 0 Å². The molecule has 0 aliphatic carbocycles. The van der Waals surface area contributed by atoms with E-state index in [0.717, 1.165) is 18.0 Å². The molecule has 2 aliphatic heterocycles. The number of amides is 1. The number of thioether (sulfide) groups is 1. The molecule has 2 fully saturated rings. The van der Waals surface area contributed by atoms with E-state index in [1.807, 2.05) is 47.9 Å². The molecule has 0 radical (unpaired) electrons. The lowest BCUT2D eigenvalue weighted by Crippen LogP contribution is -2.41. The van der Waals surface area contributed by atoms with E-state index in [0.29, 0.717) is 11.3 Å². The van der Waals surface area contributed by atoms with E-state index < -0.39 is 0 Å². The fourth-order valence-electron chi connectivity index (χ4n) is 2.57. The molecule has 2 aliphatic rings. The quantitative estimate of drug-likeness (QED) is 0.836. The highest BCUT2D eigenvalue weighted by Crippen LogP contribution is 2.37. The molecule has 3 rings (SSSR count). The summed E-state index contributed by atoms with van der Waals surface area (Å²) in [6.45, 7) is 3.11. The Kier molecular flexibility index (Phi) is 3.20. The highest BCUT2D eigenvalue weighted by Gasteiger charge is 2.40. The van der Waals surface area contributed by atoms with E-state index in [1.165, 1.54) is 12.0 Å². The van der Waals surface area contributed by atoms with Crippen molar-refractivity contribution in [3.63, 3.8) is 0 Å². The van der Waals surface area contributed by atoms with Crippen LogP contribution in [0.4, 0.5) is 0 Å². The summed E-state index contributed by atoms with van der Waals surface area (Å²) in [5.41, 5.74) is 1.20. The maximum absolute atomic E-state index is 12.1. The molecule has 96 valence electrons. The number of hydrogen-bond acceptors (Lipinski definition) is 3. The first-order valence-electron chi connectivity index (χ1n) is 6.33. The number of carbonyl (C=O) groups excluding carboxylic acids is 1. The smallest absolute Gasteiger partial charge is 0.260 e. The van der Waals surface area contributed by atoms with Gasteiger partial charge in [-0.15, -0.1) is 0 Å². The van der Waals surface area contributed by atoms with Crippen molar-refractivity contribution in [1.82, 2.24) is 4.90 Å². The van der Waals surface area contributed by atoms with Crippen LogP contribution < -0.4 is 4.74 Å². The lowest BCUT2D eigenvalue weighted by molar-refractivity contribution is -0.133. The number of nitrogens with zero attached hydrogens (tertiary/aromatic N) is 1. The molecular weight excluding hydrogens is 246 g/mol. The van der Waals surface area contributed by atoms with Crippen LogP contribution in [0.2, 0.25) is 0 Å². The molecule has 3 nitrogen and oxygen atoms in total. The summed E-state index contributed by atoms with van der Waals surface area (Å²) in [6.07, 6.45) is 1.17. The summed E-state index contributed by atoms with van der Waals surface area (Å²) in [5, 5.41) is 0.665. The average molecular weight is 263 g/mol. The summed E-state index contributed by atoms with van der Waals surface area (Å²) < 4.78 is 5.54. The van der Waals surface area contributed by atoms with Gasteiger partial charge in [0.1, 0.15) is 5.75 Å². The average Bonchev–Trinajstić information content (AvgIpc) is 3.00. The first-order chi connectivity index (χ1) is 8.72. The van der Waals surface area contributed by atoms with E-state index in [1.54, 1.807) is 0 Å². The number of ether oxygens (including phenoxy) is 1. The zero-order chi connectivity index (χ0) is 12.5. The molecule has 2 atom stereocenters. The monoisotopic (exact) mass is 263 g/mol. The zero-order valence-electron chi connectivity index (χ0n) is 10.5. The summed E-state index contributed by atoms with van der Waals surface area (Å²) in [4.78, 5) is 14.1. The number of aryl methyl sites for hydroxylation is 1. The van der Waals surface area contributed by atoms with Gasteiger partial charge in [-0.05, 0) is 25.5 Å². The van der Waals surface area contributed by atoms with E-state index in [4.69, 9.17) is 4.74 Å². The maximum Gasteiger partial charge on any atom is 0.260 e. The van der Waals surface area contributed by atoms with Gasteiger partial charge in [0.2, 0.25) is 0 Å². The second kappa shape index (κ2) is 4.84. The molecule has 18 heavy (non-hydrogen) atoms. The third-order valence-corrected chi connectivity index (χ3v) is 4.99. The van der Waals surface area contributed by atoms with Crippen molar-refractivity contribution in [2.75, 3.05) is 18.9 Å². The number of fused-ring (bicyclic) bond motifs is 2. The minimum absolute atomic E-state index is 0.128. The second-order valence-electron chi connectivity index (χ2n) is 4.99. The third kappa shape index (κ3) is 2.34. The minimum atomic E-state index is 0.128. The van der Waals surface area contributed by atoms with Crippen molar-refractivity contribution >= 4 is 17.7 Å². The van der Waals surface area contributed by atoms with Gasteiger partial charge >= 0.3 is 0 Å². The van der Waals surface area contributed by atoms with E-state index in [2.05, 4.69) is 0 Å². The molecular formula is C14H17NO2S. The molecule has 0 aromatic heterocycles. The van der Waals surface area contributed by atoms with Crippen molar-refractivity contribution in [3.8, 4) is 5.75 Å². The summed E-state index contributed by atoms with van der Waals surface area (Å²) in [5.74, 6) is 2.00. The van der Waals surface area contributed by atoms with Gasteiger partial charge in [-0.3, -0.25) is 4.79 Å². The van der Waals surface area contributed by atoms with Gasteiger partial charge in [-0.25, -0.2) is 0 Å². The summed E-state index contributed by atoms with van der Waals surface area (Å²) in [7, 11) is 0. The predicted molar refractivity (Wildman–Crippen MR) is 73.0 cm³/mol. The van der Waals surface area contributed by atoms with Crippen LogP contribution in [-0.4, -0.2) is 41.0 Å². The van der Waals surface area contributed by atoms with Crippen molar-refractivity contribution in [1.29, 1.82) is 0 Å². The topological polar surface area (TPSA) is 29.5 Å². The van der Waals surface area contributed by atoms with Gasteiger partial charge in [-0.1, -0.05) is 17.7 Å². The van der Waals surface area contributed by atoms with E-state index in [9.17, 15) is 4.79 Å². The fourth-order valence-corrected chi connectivity index (χ4v) is 4.00.